The maximum atomic E-state index is 12.3. The van der Waals surface area contributed by atoms with Gasteiger partial charge in [-0.3, -0.25) is 20.4 Å². The van der Waals surface area contributed by atoms with Gasteiger partial charge in [0.2, 0.25) is 0 Å². The second kappa shape index (κ2) is 6.94. The summed E-state index contributed by atoms with van der Waals surface area (Å²) in [4.78, 5) is 28.8. The van der Waals surface area contributed by atoms with Crippen LogP contribution in [0, 0.1) is 6.92 Å². The minimum Gasteiger partial charge on any atom is -0.329 e. The van der Waals surface area contributed by atoms with Gasteiger partial charge in [-0.25, -0.2) is 4.98 Å². The van der Waals surface area contributed by atoms with Crippen LogP contribution in [0.4, 0.5) is 0 Å². The molecular weight excluding hydrogens is 340 g/mol. The van der Waals surface area contributed by atoms with Crippen LogP contribution in [0.25, 0.3) is 11.0 Å². The lowest BCUT2D eigenvalue weighted by atomic mass is 10.2. The molecule has 0 saturated heterocycles. The average molecular weight is 357 g/mol. The normalized spacial score (nSPS) is 10.7. The van der Waals surface area contributed by atoms with Crippen molar-refractivity contribution in [3.05, 3.63) is 64.4 Å². The Morgan fingerprint density at radius 3 is 2.40 bits per heavy atom. The van der Waals surface area contributed by atoms with Gasteiger partial charge in [0.15, 0.2) is 0 Å². The molecule has 25 heavy (non-hydrogen) atoms. The smallest absolute Gasteiger partial charge is 0.269 e. The monoisotopic (exact) mass is 356 g/mol. The molecule has 3 aromatic rings. The molecule has 0 radical (unpaired) electrons. The molecule has 0 aliphatic rings. The van der Waals surface area contributed by atoms with Crippen LogP contribution in [0.2, 0.25) is 5.02 Å². The fourth-order valence-corrected chi connectivity index (χ4v) is 2.87. The predicted octanol–water partition coefficient (Wildman–Crippen LogP) is 3.09. The molecule has 0 aliphatic heterocycles. The van der Waals surface area contributed by atoms with E-state index in [-0.39, 0.29) is 0 Å². The predicted molar refractivity (Wildman–Crippen MR) is 96.5 cm³/mol. The quantitative estimate of drug-likeness (QED) is 0.708. The van der Waals surface area contributed by atoms with Crippen molar-refractivity contribution in [2.75, 3.05) is 0 Å². The number of rotatable bonds is 3. The van der Waals surface area contributed by atoms with E-state index in [1.165, 1.54) is 6.07 Å². The van der Waals surface area contributed by atoms with Gasteiger partial charge in [-0.1, -0.05) is 17.7 Å². The van der Waals surface area contributed by atoms with Gasteiger partial charge in [-0.15, -0.1) is 0 Å². The second-order valence-electron chi connectivity index (χ2n) is 5.53. The number of nitrogens with zero attached hydrogens (tertiary/aromatic N) is 2. The minimum absolute atomic E-state index is 0.362. The van der Waals surface area contributed by atoms with Gasteiger partial charge in [-0.05, 0) is 50.2 Å². The number of carbonyl (C=O) groups excluding carboxylic acids is 2. The summed E-state index contributed by atoms with van der Waals surface area (Å²) < 4.78 is 2.07. The SMILES string of the molecule is CCn1c(C)nc2cc(C(=O)NNC(=O)c3cccc(Cl)c3)ccc21. The lowest BCUT2D eigenvalue weighted by molar-refractivity contribution is 0.0847. The molecule has 2 aromatic carbocycles. The maximum Gasteiger partial charge on any atom is 0.269 e. The molecule has 2 N–H and O–H groups in total. The second-order valence-corrected chi connectivity index (χ2v) is 5.96. The van der Waals surface area contributed by atoms with Crippen LogP contribution in [0.15, 0.2) is 42.5 Å². The van der Waals surface area contributed by atoms with Crippen LogP contribution < -0.4 is 10.9 Å². The van der Waals surface area contributed by atoms with Crippen LogP contribution in [0.1, 0.15) is 33.5 Å². The standard InChI is InChI=1S/C18H17ClN4O2/c1-3-23-11(2)20-15-10-13(7-8-16(15)23)18(25)22-21-17(24)12-5-4-6-14(19)9-12/h4-10H,3H2,1-2H3,(H,21,24)(H,22,25). The number of carbonyl (C=O) groups is 2. The Balaban J connectivity index is 1.73. The number of halogens is 1. The van der Waals surface area contributed by atoms with E-state index in [4.69, 9.17) is 11.6 Å². The zero-order valence-corrected chi connectivity index (χ0v) is 14.6. The van der Waals surface area contributed by atoms with Crippen molar-refractivity contribution in [1.29, 1.82) is 0 Å². The number of aryl methyl sites for hydroxylation is 2. The molecule has 6 nitrogen and oxygen atoms in total. The average Bonchev–Trinajstić information content (AvgIpc) is 2.93. The van der Waals surface area contributed by atoms with Crippen LogP contribution in [-0.2, 0) is 6.54 Å². The lowest BCUT2D eigenvalue weighted by Crippen LogP contribution is -2.41. The Hall–Kier alpha value is -2.86. The van der Waals surface area contributed by atoms with Gasteiger partial charge in [0.25, 0.3) is 11.8 Å². The van der Waals surface area contributed by atoms with E-state index in [1.807, 2.05) is 19.9 Å². The summed E-state index contributed by atoms with van der Waals surface area (Å²) >= 11 is 5.85. The maximum absolute atomic E-state index is 12.3. The minimum atomic E-state index is -0.442. The van der Waals surface area contributed by atoms with Crippen molar-refractivity contribution in [3.8, 4) is 0 Å². The number of nitrogens with one attached hydrogen (secondary N) is 2. The molecule has 0 bridgehead atoms. The number of aromatic nitrogens is 2. The van der Waals surface area contributed by atoms with E-state index in [9.17, 15) is 9.59 Å². The van der Waals surface area contributed by atoms with Crippen molar-refractivity contribution in [1.82, 2.24) is 20.4 Å². The van der Waals surface area contributed by atoms with Gasteiger partial charge in [0, 0.05) is 22.7 Å². The lowest BCUT2D eigenvalue weighted by Gasteiger charge is -2.08. The van der Waals surface area contributed by atoms with E-state index in [0.29, 0.717) is 16.1 Å². The largest absolute Gasteiger partial charge is 0.329 e. The molecule has 0 saturated carbocycles. The van der Waals surface area contributed by atoms with Crippen LogP contribution in [-0.4, -0.2) is 21.4 Å². The first-order valence-electron chi connectivity index (χ1n) is 7.82. The topological polar surface area (TPSA) is 76.0 Å². The summed E-state index contributed by atoms with van der Waals surface area (Å²) in [6.45, 7) is 4.78. The highest BCUT2D eigenvalue weighted by Gasteiger charge is 2.12. The number of benzene rings is 2. The zero-order valence-electron chi connectivity index (χ0n) is 13.8. The van der Waals surface area contributed by atoms with Crippen LogP contribution >= 0.6 is 11.6 Å². The van der Waals surface area contributed by atoms with Crippen molar-refractivity contribution in [2.45, 2.75) is 20.4 Å². The van der Waals surface area contributed by atoms with Crippen molar-refractivity contribution in [3.63, 3.8) is 0 Å². The van der Waals surface area contributed by atoms with Gasteiger partial charge < -0.3 is 4.57 Å². The summed E-state index contributed by atoms with van der Waals surface area (Å²) in [7, 11) is 0. The van der Waals surface area contributed by atoms with Crippen LogP contribution in [0.3, 0.4) is 0 Å². The Bertz CT molecular complexity index is 965. The third-order valence-electron chi connectivity index (χ3n) is 3.89. The van der Waals surface area contributed by atoms with Gasteiger partial charge >= 0.3 is 0 Å². The van der Waals surface area contributed by atoms with Gasteiger partial charge in [0.05, 0.1) is 11.0 Å². The van der Waals surface area contributed by atoms with E-state index >= 15 is 0 Å². The summed E-state index contributed by atoms with van der Waals surface area (Å²) in [6.07, 6.45) is 0. The van der Waals surface area contributed by atoms with Crippen molar-refractivity contribution in [2.24, 2.45) is 0 Å². The van der Waals surface area contributed by atoms with E-state index in [0.717, 1.165) is 23.4 Å². The number of imidazole rings is 1. The summed E-state index contributed by atoms with van der Waals surface area (Å²) in [5.41, 5.74) is 7.27. The zero-order chi connectivity index (χ0) is 18.0. The first-order chi connectivity index (χ1) is 12.0. The Morgan fingerprint density at radius 1 is 1.08 bits per heavy atom. The van der Waals surface area contributed by atoms with Crippen molar-refractivity contribution < 1.29 is 9.59 Å². The fraction of sp³-hybridized carbons (Fsp3) is 0.167. The number of hydrogen-bond acceptors (Lipinski definition) is 3. The molecule has 7 heteroatoms. The number of hydrogen-bond donors (Lipinski definition) is 2. The third kappa shape index (κ3) is 3.49. The molecule has 0 aliphatic carbocycles. The molecular formula is C18H17ClN4O2. The molecule has 1 heterocycles. The molecule has 3 rings (SSSR count). The highest BCUT2D eigenvalue weighted by molar-refractivity contribution is 6.31. The highest BCUT2D eigenvalue weighted by atomic mass is 35.5. The van der Waals surface area contributed by atoms with E-state index in [1.54, 1.807) is 30.3 Å². The Labute approximate surface area is 149 Å². The number of amides is 2. The summed E-state index contributed by atoms with van der Waals surface area (Å²) in [5, 5.41) is 0.450. The van der Waals surface area contributed by atoms with Gasteiger partial charge in [0.1, 0.15) is 5.82 Å². The third-order valence-corrected chi connectivity index (χ3v) is 4.13. The van der Waals surface area contributed by atoms with Gasteiger partial charge in [-0.2, -0.15) is 0 Å². The molecule has 128 valence electrons. The Morgan fingerprint density at radius 2 is 1.76 bits per heavy atom. The first kappa shape index (κ1) is 17.0. The number of fused-ring (bicyclic) bond motifs is 1. The fourth-order valence-electron chi connectivity index (χ4n) is 2.68. The highest BCUT2D eigenvalue weighted by Crippen LogP contribution is 2.17. The molecule has 0 atom stereocenters. The molecule has 0 spiro atoms. The first-order valence-corrected chi connectivity index (χ1v) is 8.20. The summed E-state index contributed by atoms with van der Waals surface area (Å²) in [5.74, 6) is 0.0355. The Kier molecular flexibility index (Phi) is 4.72. The molecule has 0 unspecified atom stereocenters. The molecule has 2 amide bonds. The van der Waals surface area contributed by atoms with Crippen LogP contribution in [0.5, 0.6) is 0 Å². The number of hydrazine groups is 1. The molecule has 0 fully saturated rings. The summed E-state index contributed by atoms with van der Waals surface area (Å²) in [6, 6.07) is 11.7. The molecule has 1 aromatic heterocycles. The van der Waals surface area contributed by atoms with E-state index < -0.39 is 11.8 Å². The van der Waals surface area contributed by atoms with E-state index in [2.05, 4.69) is 20.4 Å². The van der Waals surface area contributed by atoms with Crippen molar-refractivity contribution >= 4 is 34.4 Å².